The second-order valence-electron chi connectivity index (χ2n) is 25.6. The molecule has 2 atom stereocenters. The van der Waals surface area contributed by atoms with E-state index < -0.39 is 12.1 Å². The number of aliphatic hydroxyl groups excluding tert-OH is 2. The highest BCUT2D eigenvalue weighted by molar-refractivity contribution is 5.76. The Morgan fingerprint density at radius 3 is 0.877 bits per heavy atom. The number of allylic oxidation sites excluding steroid dienone is 3. The van der Waals surface area contributed by atoms with Gasteiger partial charge in [0.1, 0.15) is 0 Å². The molecule has 1 amide bonds. The summed E-state index contributed by atoms with van der Waals surface area (Å²) in [5.74, 6) is -0.0465. The number of nitrogens with one attached hydrogen (secondary N) is 1. The molecule has 0 fully saturated rings. The molecular weight excluding hydrogens is 995 g/mol. The van der Waals surface area contributed by atoms with E-state index >= 15 is 0 Å². The lowest BCUT2D eigenvalue weighted by atomic mass is 10.0. The van der Waals surface area contributed by atoms with Gasteiger partial charge in [0.2, 0.25) is 5.91 Å². The van der Waals surface area contributed by atoms with Crippen LogP contribution >= 0.6 is 0 Å². The van der Waals surface area contributed by atoms with Crippen molar-refractivity contribution in [2.45, 2.75) is 431 Å². The van der Waals surface area contributed by atoms with Crippen LogP contribution in [0.2, 0.25) is 0 Å². The van der Waals surface area contributed by atoms with Gasteiger partial charge in [-0.2, -0.15) is 0 Å². The molecule has 0 radical (unpaired) electrons. The molecule has 0 saturated heterocycles. The fourth-order valence-electron chi connectivity index (χ4n) is 11.8. The van der Waals surface area contributed by atoms with E-state index in [1.165, 1.54) is 353 Å². The molecule has 0 rings (SSSR count). The standard InChI is InChI=1S/C75H145NO5/c1-3-5-7-9-11-13-15-17-19-21-23-32-35-39-43-47-51-55-59-63-67-73(78)72(71-77)76-74(79)68-64-60-56-52-48-44-40-36-33-30-28-26-24-25-27-29-31-34-38-42-46-50-54-58-62-66-70-81-75(80)69-65-61-57-53-49-45-41-37-22-20-18-16-14-12-10-8-6-4-2/h24,26,63,67,72-73,77-78H,3-23,25,27-62,64-66,68-71H2,1-2H3,(H,76,79)/b26-24-,67-63+. The Kier molecular flexibility index (Phi) is 69.4. The molecule has 0 aliphatic rings. The minimum Gasteiger partial charge on any atom is -0.466 e. The predicted molar refractivity (Wildman–Crippen MR) is 356 cm³/mol. The lowest BCUT2D eigenvalue weighted by Gasteiger charge is -2.20. The van der Waals surface area contributed by atoms with Crippen molar-refractivity contribution >= 4 is 11.9 Å². The van der Waals surface area contributed by atoms with E-state index in [0.29, 0.717) is 19.4 Å². The van der Waals surface area contributed by atoms with Crippen LogP contribution in [-0.2, 0) is 14.3 Å². The average molecular weight is 1140 g/mol. The molecule has 6 heteroatoms. The highest BCUT2D eigenvalue weighted by Gasteiger charge is 2.18. The Hall–Kier alpha value is -1.66. The van der Waals surface area contributed by atoms with E-state index in [9.17, 15) is 19.8 Å². The van der Waals surface area contributed by atoms with Crippen molar-refractivity contribution in [3.05, 3.63) is 24.3 Å². The zero-order valence-electron chi connectivity index (χ0n) is 55.0. The lowest BCUT2D eigenvalue weighted by molar-refractivity contribution is -0.143. The molecular formula is C75H145NO5. The van der Waals surface area contributed by atoms with Crippen LogP contribution in [-0.4, -0.2) is 47.4 Å². The van der Waals surface area contributed by atoms with Gasteiger partial charge in [0.25, 0.3) is 0 Å². The van der Waals surface area contributed by atoms with Crippen molar-refractivity contribution in [1.82, 2.24) is 5.32 Å². The monoisotopic (exact) mass is 1140 g/mol. The molecule has 0 spiro atoms. The fourth-order valence-corrected chi connectivity index (χ4v) is 11.8. The topological polar surface area (TPSA) is 95.9 Å². The Labute approximate surface area is 507 Å². The number of esters is 1. The van der Waals surface area contributed by atoms with E-state index in [1.807, 2.05) is 6.08 Å². The maximum Gasteiger partial charge on any atom is 0.305 e. The van der Waals surface area contributed by atoms with Crippen LogP contribution < -0.4 is 5.32 Å². The molecule has 0 bridgehead atoms. The van der Waals surface area contributed by atoms with E-state index in [-0.39, 0.29) is 18.5 Å². The van der Waals surface area contributed by atoms with Gasteiger partial charge >= 0.3 is 5.97 Å². The second kappa shape index (κ2) is 70.8. The van der Waals surface area contributed by atoms with E-state index in [0.717, 1.165) is 38.5 Å². The van der Waals surface area contributed by atoms with Crippen LogP contribution in [0.15, 0.2) is 24.3 Å². The van der Waals surface area contributed by atoms with Crippen LogP contribution in [0, 0.1) is 0 Å². The van der Waals surface area contributed by atoms with E-state index in [1.54, 1.807) is 6.08 Å². The third-order valence-corrected chi connectivity index (χ3v) is 17.5. The summed E-state index contributed by atoms with van der Waals surface area (Å²) in [7, 11) is 0. The summed E-state index contributed by atoms with van der Waals surface area (Å²) in [6.07, 6.45) is 89.8. The summed E-state index contributed by atoms with van der Waals surface area (Å²) in [5.41, 5.74) is 0. The fraction of sp³-hybridized carbons (Fsp3) is 0.920. The maximum atomic E-state index is 12.5. The van der Waals surface area contributed by atoms with E-state index in [2.05, 4.69) is 31.3 Å². The number of amides is 1. The first kappa shape index (κ1) is 79.3. The minimum absolute atomic E-state index is 0.0193. The first-order valence-corrected chi connectivity index (χ1v) is 37.1. The average Bonchev–Trinajstić information content (AvgIpc) is 3.47. The second-order valence-corrected chi connectivity index (χ2v) is 25.6. The number of rotatable bonds is 70. The zero-order valence-corrected chi connectivity index (χ0v) is 55.0. The molecule has 0 saturated carbocycles. The first-order valence-electron chi connectivity index (χ1n) is 37.1. The number of carbonyl (C=O) groups is 2. The quantitative estimate of drug-likeness (QED) is 0.0320. The zero-order chi connectivity index (χ0) is 58.5. The number of carbonyl (C=O) groups excluding carboxylic acids is 2. The third-order valence-electron chi connectivity index (χ3n) is 17.5. The summed E-state index contributed by atoms with van der Waals surface area (Å²) >= 11 is 0. The summed E-state index contributed by atoms with van der Waals surface area (Å²) < 4.78 is 5.51. The van der Waals surface area contributed by atoms with Crippen LogP contribution in [0.3, 0.4) is 0 Å². The molecule has 0 heterocycles. The Bertz CT molecular complexity index is 1270. The summed E-state index contributed by atoms with van der Waals surface area (Å²) in [6, 6.07) is -0.630. The summed E-state index contributed by atoms with van der Waals surface area (Å²) in [5, 5.41) is 23.2. The number of hydrogen-bond acceptors (Lipinski definition) is 5. The Morgan fingerprint density at radius 2 is 0.580 bits per heavy atom. The normalized spacial score (nSPS) is 12.6. The lowest BCUT2D eigenvalue weighted by Crippen LogP contribution is -2.45. The summed E-state index contributed by atoms with van der Waals surface area (Å²) in [6.45, 7) is 4.95. The van der Waals surface area contributed by atoms with Gasteiger partial charge in [0.15, 0.2) is 0 Å². The van der Waals surface area contributed by atoms with Crippen molar-refractivity contribution in [1.29, 1.82) is 0 Å². The first-order chi connectivity index (χ1) is 40.0. The molecule has 0 aliphatic carbocycles. The summed E-state index contributed by atoms with van der Waals surface area (Å²) in [4.78, 5) is 24.6. The van der Waals surface area contributed by atoms with Crippen LogP contribution in [0.25, 0.3) is 0 Å². The molecule has 81 heavy (non-hydrogen) atoms. The van der Waals surface area contributed by atoms with Gasteiger partial charge in [0.05, 0.1) is 25.4 Å². The van der Waals surface area contributed by atoms with Gasteiger partial charge in [-0.15, -0.1) is 0 Å². The van der Waals surface area contributed by atoms with Gasteiger partial charge < -0.3 is 20.3 Å². The molecule has 6 nitrogen and oxygen atoms in total. The van der Waals surface area contributed by atoms with Gasteiger partial charge in [-0.1, -0.05) is 372 Å². The number of hydrogen-bond donors (Lipinski definition) is 3. The van der Waals surface area contributed by atoms with Gasteiger partial charge in [-0.3, -0.25) is 9.59 Å². The van der Waals surface area contributed by atoms with Crippen molar-refractivity contribution < 1.29 is 24.5 Å². The van der Waals surface area contributed by atoms with Crippen LogP contribution in [0.4, 0.5) is 0 Å². The smallest absolute Gasteiger partial charge is 0.305 e. The van der Waals surface area contributed by atoms with Crippen LogP contribution in [0.1, 0.15) is 418 Å². The molecule has 480 valence electrons. The number of aliphatic hydroxyl groups is 2. The van der Waals surface area contributed by atoms with Crippen molar-refractivity contribution in [3.8, 4) is 0 Å². The Balaban J connectivity index is 3.39. The van der Waals surface area contributed by atoms with Gasteiger partial charge in [0, 0.05) is 12.8 Å². The third kappa shape index (κ3) is 67.3. The SMILES string of the molecule is CCCCCCCCCCCCCCCCCCCC/C=C/C(O)C(CO)NC(=O)CCCCCCCCCCCC/C=C\CCCCCCCCCCCCCCOC(=O)CCCCCCCCCCCCCCCCCCCC. The van der Waals surface area contributed by atoms with Crippen molar-refractivity contribution in [2.75, 3.05) is 13.2 Å². The minimum atomic E-state index is -0.846. The van der Waals surface area contributed by atoms with Crippen LogP contribution in [0.5, 0.6) is 0 Å². The van der Waals surface area contributed by atoms with Crippen molar-refractivity contribution in [2.24, 2.45) is 0 Å². The maximum absolute atomic E-state index is 12.5. The molecule has 0 aliphatic heterocycles. The van der Waals surface area contributed by atoms with Gasteiger partial charge in [-0.25, -0.2) is 0 Å². The van der Waals surface area contributed by atoms with Crippen molar-refractivity contribution in [3.63, 3.8) is 0 Å². The molecule has 0 aromatic heterocycles. The number of unbranched alkanes of at least 4 members (excludes halogenated alkanes) is 57. The highest BCUT2D eigenvalue weighted by Crippen LogP contribution is 2.19. The number of ether oxygens (including phenoxy) is 1. The molecule has 0 aromatic rings. The largest absolute Gasteiger partial charge is 0.466 e. The Morgan fingerprint density at radius 1 is 0.333 bits per heavy atom. The van der Waals surface area contributed by atoms with E-state index in [4.69, 9.17) is 4.74 Å². The van der Waals surface area contributed by atoms with Gasteiger partial charge in [-0.05, 0) is 57.8 Å². The molecule has 3 N–H and O–H groups in total. The molecule has 2 unspecified atom stereocenters. The highest BCUT2D eigenvalue weighted by atomic mass is 16.5. The molecule has 0 aromatic carbocycles. The predicted octanol–water partition coefficient (Wildman–Crippen LogP) is 24.1.